The molecule has 8 nitrogen and oxygen atoms in total. The molecule has 0 fully saturated rings. The number of rotatable bonds is 14. The van der Waals surface area contributed by atoms with Gasteiger partial charge in [0.1, 0.15) is 22.1 Å². The van der Waals surface area contributed by atoms with Gasteiger partial charge in [0.2, 0.25) is 0 Å². The van der Waals surface area contributed by atoms with E-state index in [1.807, 2.05) is 24.3 Å². The van der Waals surface area contributed by atoms with Gasteiger partial charge in [0.25, 0.3) is 0 Å². The molecule has 286 valence electrons. The van der Waals surface area contributed by atoms with Crippen LogP contribution in [0.2, 0.25) is 0 Å². The van der Waals surface area contributed by atoms with Crippen LogP contribution in [0.15, 0.2) is 119 Å². The van der Waals surface area contributed by atoms with E-state index < -0.39 is 0 Å². The standard InChI is InChI=1S/C47H44Br2N8/c1-3-5-7-9-23-47(24-10-8-6-4-2)39-29-31(35-15-17-41(48)45-43(35)52-56(54-45)33-19-25-50-26-20-33)11-13-37(39)38-14-12-32(30-40(38)47)36-16-18-42(49)46-44(36)53-57(55-46)34-21-27-51-28-22-34/h11-22,25-30H,3-10,23-24H2,1-2H3. The van der Waals surface area contributed by atoms with Gasteiger partial charge >= 0.3 is 0 Å². The van der Waals surface area contributed by atoms with E-state index in [9.17, 15) is 0 Å². The zero-order valence-corrected chi connectivity index (χ0v) is 35.5. The van der Waals surface area contributed by atoms with Crippen LogP contribution in [0, 0.1) is 0 Å². The summed E-state index contributed by atoms with van der Waals surface area (Å²) in [5.41, 5.74) is 15.1. The zero-order chi connectivity index (χ0) is 38.9. The summed E-state index contributed by atoms with van der Waals surface area (Å²) in [6.45, 7) is 4.60. The average molecular weight is 881 g/mol. The quantitative estimate of drug-likeness (QED) is 0.101. The van der Waals surface area contributed by atoms with Crippen LogP contribution in [0.4, 0.5) is 0 Å². The third kappa shape index (κ3) is 6.90. The molecule has 0 N–H and O–H groups in total. The van der Waals surface area contributed by atoms with Gasteiger partial charge < -0.3 is 0 Å². The van der Waals surface area contributed by atoms with Crippen molar-refractivity contribution in [3.63, 3.8) is 0 Å². The summed E-state index contributed by atoms with van der Waals surface area (Å²) in [7, 11) is 0. The van der Waals surface area contributed by atoms with Crippen LogP contribution < -0.4 is 0 Å². The summed E-state index contributed by atoms with van der Waals surface area (Å²) in [6.07, 6.45) is 19.0. The Morgan fingerprint density at radius 3 is 1.28 bits per heavy atom. The minimum absolute atomic E-state index is 0.134. The number of pyridine rings is 2. The van der Waals surface area contributed by atoms with Crippen molar-refractivity contribution >= 4 is 53.9 Å². The second-order valence-corrected chi connectivity index (χ2v) is 16.9. The van der Waals surface area contributed by atoms with Gasteiger partial charge in [-0.25, -0.2) is 0 Å². The highest BCUT2D eigenvalue weighted by molar-refractivity contribution is 9.11. The first-order chi connectivity index (χ1) is 28.0. The van der Waals surface area contributed by atoms with E-state index in [0.29, 0.717) is 0 Å². The normalized spacial score (nSPS) is 13.1. The molecule has 1 aliphatic carbocycles. The van der Waals surface area contributed by atoms with Crippen molar-refractivity contribution in [2.24, 2.45) is 0 Å². The summed E-state index contributed by atoms with van der Waals surface area (Å²) in [5, 5.41) is 19.9. The number of benzene rings is 4. The molecule has 57 heavy (non-hydrogen) atoms. The molecule has 10 heteroatoms. The molecule has 8 aromatic rings. The molecule has 0 aliphatic heterocycles. The molecule has 0 unspecified atom stereocenters. The number of halogens is 2. The van der Waals surface area contributed by atoms with Gasteiger partial charge in [0.15, 0.2) is 0 Å². The van der Waals surface area contributed by atoms with Crippen molar-refractivity contribution in [2.45, 2.75) is 83.5 Å². The Labute approximate surface area is 350 Å². The van der Waals surface area contributed by atoms with Gasteiger partial charge in [0, 0.05) is 50.3 Å². The topological polar surface area (TPSA) is 87.2 Å². The van der Waals surface area contributed by atoms with Crippen molar-refractivity contribution in [3.05, 3.63) is 130 Å². The van der Waals surface area contributed by atoms with E-state index in [1.54, 1.807) is 34.4 Å². The lowest BCUT2D eigenvalue weighted by molar-refractivity contribution is 0.401. The van der Waals surface area contributed by atoms with Crippen molar-refractivity contribution in [3.8, 4) is 44.8 Å². The Morgan fingerprint density at radius 1 is 0.456 bits per heavy atom. The Morgan fingerprint density at radius 2 is 0.860 bits per heavy atom. The monoisotopic (exact) mass is 878 g/mol. The molecule has 4 aromatic heterocycles. The molecule has 0 bridgehead atoms. The fourth-order valence-corrected chi connectivity index (χ4v) is 9.58. The summed E-state index contributed by atoms with van der Waals surface area (Å²) >= 11 is 7.55. The number of hydrogen-bond donors (Lipinski definition) is 0. The molecular formula is C47H44Br2N8. The van der Waals surface area contributed by atoms with E-state index in [1.165, 1.54) is 73.6 Å². The molecule has 9 rings (SSSR count). The number of unbranched alkanes of at least 4 members (excludes halogenated alkanes) is 6. The highest BCUT2D eigenvalue weighted by Crippen LogP contribution is 2.56. The second-order valence-electron chi connectivity index (χ2n) is 15.2. The predicted octanol–water partition coefficient (Wildman–Crippen LogP) is 13.0. The fraction of sp³-hybridized carbons (Fsp3) is 0.277. The Hall–Kier alpha value is -5.06. The van der Waals surface area contributed by atoms with Crippen molar-refractivity contribution < 1.29 is 0 Å². The first-order valence-corrected chi connectivity index (χ1v) is 21.8. The molecule has 4 heterocycles. The molecule has 0 saturated heterocycles. The van der Waals surface area contributed by atoms with Crippen LogP contribution in [0.25, 0.3) is 66.8 Å². The molecule has 0 atom stereocenters. The minimum atomic E-state index is -0.134. The maximum absolute atomic E-state index is 5.06. The molecule has 0 spiro atoms. The van der Waals surface area contributed by atoms with E-state index in [0.717, 1.165) is 77.5 Å². The van der Waals surface area contributed by atoms with Gasteiger partial charge in [-0.2, -0.15) is 9.59 Å². The van der Waals surface area contributed by atoms with E-state index >= 15 is 0 Å². The maximum atomic E-state index is 5.06. The van der Waals surface area contributed by atoms with E-state index in [2.05, 4.69) is 116 Å². The van der Waals surface area contributed by atoms with Crippen LogP contribution >= 0.6 is 31.9 Å². The first kappa shape index (κ1) is 37.5. The SMILES string of the molecule is CCCCCCC1(CCCCCC)c2cc(-c3ccc(Br)c4nn(-c5ccncc5)nc34)ccc2-c2ccc(-c3ccc(Br)c4nn(-c5ccncc5)nc34)cc21. The van der Waals surface area contributed by atoms with Gasteiger partial charge in [-0.1, -0.05) is 102 Å². The number of nitrogens with zero attached hydrogens (tertiary/aromatic N) is 8. The van der Waals surface area contributed by atoms with Crippen molar-refractivity contribution in [1.82, 2.24) is 40.0 Å². The summed E-state index contributed by atoms with van der Waals surface area (Å²) in [5.74, 6) is 0. The molecule has 4 aromatic carbocycles. The predicted molar refractivity (Wildman–Crippen MR) is 237 cm³/mol. The molecule has 1 aliphatic rings. The highest BCUT2D eigenvalue weighted by atomic mass is 79.9. The number of fused-ring (bicyclic) bond motifs is 5. The first-order valence-electron chi connectivity index (χ1n) is 20.2. The average Bonchev–Trinajstić information content (AvgIpc) is 3.97. The lowest BCUT2D eigenvalue weighted by atomic mass is 9.70. The zero-order valence-electron chi connectivity index (χ0n) is 32.3. The van der Waals surface area contributed by atoms with E-state index in [-0.39, 0.29) is 5.41 Å². The Kier molecular flexibility index (Phi) is 10.6. The number of aromatic nitrogens is 8. The summed E-state index contributed by atoms with van der Waals surface area (Å²) < 4.78 is 1.85. The summed E-state index contributed by atoms with van der Waals surface area (Å²) in [6, 6.07) is 30.6. The van der Waals surface area contributed by atoms with Gasteiger partial charge in [-0.15, -0.1) is 20.4 Å². The van der Waals surface area contributed by atoms with E-state index in [4.69, 9.17) is 20.4 Å². The fourth-order valence-electron chi connectivity index (χ4n) is 8.78. The van der Waals surface area contributed by atoms with Gasteiger partial charge in [-0.05, 0) is 127 Å². The van der Waals surface area contributed by atoms with Crippen LogP contribution in [-0.4, -0.2) is 40.0 Å². The van der Waals surface area contributed by atoms with Crippen LogP contribution in [0.5, 0.6) is 0 Å². The highest BCUT2D eigenvalue weighted by Gasteiger charge is 2.43. The van der Waals surface area contributed by atoms with Crippen LogP contribution in [-0.2, 0) is 5.41 Å². The van der Waals surface area contributed by atoms with Crippen LogP contribution in [0.3, 0.4) is 0 Å². The van der Waals surface area contributed by atoms with Crippen LogP contribution in [0.1, 0.15) is 89.2 Å². The lowest BCUT2D eigenvalue weighted by Crippen LogP contribution is -2.25. The lowest BCUT2D eigenvalue weighted by Gasteiger charge is -2.33. The third-order valence-electron chi connectivity index (χ3n) is 11.7. The van der Waals surface area contributed by atoms with Gasteiger partial charge in [-0.3, -0.25) is 9.97 Å². The molecule has 0 amide bonds. The molecular weight excluding hydrogens is 836 g/mol. The third-order valence-corrected chi connectivity index (χ3v) is 12.9. The molecule has 0 radical (unpaired) electrons. The number of hydrogen-bond acceptors (Lipinski definition) is 6. The molecule has 0 saturated carbocycles. The Balaban J connectivity index is 1.20. The maximum Gasteiger partial charge on any atom is 0.128 e. The Bertz CT molecular complexity index is 2520. The smallest absolute Gasteiger partial charge is 0.128 e. The second kappa shape index (κ2) is 16.1. The summed E-state index contributed by atoms with van der Waals surface area (Å²) in [4.78, 5) is 11.8. The minimum Gasteiger partial charge on any atom is -0.265 e. The van der Waals surface area contributed by atoms with Crippen molar-refractivity contribution in [1.29, 1.82) is 0 Å². The van der Waals surface area contributed by atoms with Gasteiger partial charge in [0.05, 0.1) is 11.4 Å². The largest absolute Gasteiger partial charge is 0.265 e. The van der Waals surface area contributed by atoms with Crippen molar-refractivity contribution in [2.75, 3.05) is 0 Å².